The number of nitrogens with one attached hydrogen (secondary N) is 1. The minimum atomic E-state index is -3.54. The molecule has 1 amide bonds. The van der Waals surface area contributed by atoms with Crippen LogP contribution in [-0.2, 0) is 9.53 Å². The number of esters is 1. The maximum atomic E-state index is 13.1. The number of methoxy groups -OCH3 is 1. The van der Waals surface area contributed by atoms with Crippen molar-refractivity contribution in [3.05, 3.63) is 47.7 Å². The summed E-state index contributed by atoms with van der Waals surface area (Å²) in [6.07, 6.45) is 1.64. The van der Waals surface area contributed by atoms with Gasteiger partial charge in [0.2, 0.25) is 0 Å². The summed E-state index contributed by atoms with van der Waals surface area (Å²) in [5.41, 5.74) is 2.15. The van der Waals surface area contributed by atoms with E-state index in [9.17, 15) is 18.4 Å². The Kier molecular flexibility index (Phi) is 7.37. The average molecular weight is 364 g/mol. The first-order valence-corrected chi connectivity index (χ1v) is 8.06. The Hall–Kier alpha value is -2.83. The molecule has 0 fully saturated rings. The second-order valence-electron chi connectivity index (χ2n) is 5.35. The SMILES string of the molecule is CC.COC(=O)c1cc(NC(=O)C(C)(F)F)cc(-c2ccc(C)cn2)c1. The number of pyridine rings is 1. The molecule has 1 heterocycles. The highest BCUT2D eigenvalue weighted by Crippen LogP contribution is 2.25. The van der Waals surface area contributed by atoms with E-state index in [-0.39, 0.29) is 11.3 Å². The lowest BCUT2D eigenvalue weighted by Crippen LogP contribution is -2.31. The third-order valence-corrected chi connectivity index (χ3v) is 3.22. The highest BCUT2D eigenvalue weighted by atomic mass is 19.3. The van der Waals surface area contributed by atoms with Crippen LogP contribution < -0.4 is 5.32 Å². The minimum Gasteiger partial charge on any atom is -0.465 e. The fraction of sp³-hybridized carbons (Fsp3) is 0.316. The molecule has 0 bridgehead atoms. The number of hydrogen-bond acceptors (Lipinski definition) is 4. The summed E-state index contributed by atoms with van der Waals surface area (Å²) in [5, 5.41) is 2.10. The van der Waals surface area contributed by atoms with Gasteiger partial charge in [0.25, 0.3) is 5.91 Å². The monoisotopic (exact) mass is 364 g/mol. The average Bonchev–Trinajstić information content (AvgIpc) is 2.62. The van der Waals surface area contributed by atoms with E-state index in [2.05, 4.69) is 15.0 Å². The number of halogens is 2. The van der Waals surface area contributed by atoms with Crippen molar-refractivity contribution >= 4 is 17.6 Å². The number of hydrogen-bond donors (Lipinski definition) is 1. The normalized spacial score (nSPS) is 10.4. The van der Waals surface area contributed by atoms with Crippen molar-refractivity contribution in [1.29, 1.82) is 0 Å². The van der Waals surface area contributed by atoms with E-state index in [0.717, 1.165) is 5.56 Å². The summed E-state index contributed by atoms with van der Waals surface area (Å²) < 4.78 is 30.8. The lowest BCUT2D eigenvalue weighted by atomic mass is 10.1. The molecule has 0 atom stereocenters. The van der Waals surface area contributed by atoms with Gasteiger partial charge < -0.3 is 10.1 Å². The smallest absolute Gasteiger partial charge is 0.337 e. The quantitative estimate of drug-likeness (QED) is 0.813. The molecule has 5 nitrogen and oxygen atoms in total. The second kappa shape index (κ2) is 9.03. The number of rotatable bonds is 4. The predicted octanol–water partition coefficient (Wildman–Crippen LogP) is 4.46. The van der Waals surface area contributed by atoms with Gasteiger partial charge in [-0.25, -0.2) is 4.79 Å². The maximum Gasteiger partial charge on any atom is 0.337 e. The lowest BCUT2D eigenvalue weighted by molar-refractivity contribution is -0.137. The molecule has 0 radical (unpaired) electrons. The zero-order valence-electron chi connectivity index (χ0n) is 15.4. The van der Waals surface area contributed by atoms with Crippen molar-refractivity contribution < 1.29 is 23.1 Å². The van der Waals surface area contributed by atoms with Gasteiger partial charge in [0.05, 0.1) is 18.4 Å². The van der Waals surface area contributed by atoms with Crippen LogP contribution in [0.3, 0.4) is 0 Å². The van der Waals surface area contributed by atoms with Gasteiger partial charge in [-0.15, -0.1) is 0 Å². The number of carbonyl (C=O) groups excluding carboxylic acids is 2. The standard InChI is InChI=1S/C17H16F2N2O3.C2H6/c1-10-4-5-14(20-9-10)11-6-12(15(22)24-3)8-13(7-11)21-16(23)17(2,18)19;1-2/h4-9H,1-3H3,(H,21,23);1-2H3. The lowest BCUT2D eigenvalue weighted by Gasteiger charge is -2.13. The molecule has 0 aliphatic heterocycles. The number of aromatic nitrogens is 1. The molecule has 7 heteroatoms. The van der Waals surface area contributed by atoms with Gasteiger partial charge in [-0.3, -0.25) is 9.78 Å². The summed E-state index contributed by atoms with van der Waals surface area (Å²) in [7, 11) is 1.21. The summed E-state index contributed by atoms with van der Waals surface area (Å²) >= 11 is 0. The van der Waals surface area contributed by atoms with Crippen molar-refractivity contribution in [3.63, 3.8) is 0 Å². The zero-order chi connectivity index (χ0) is 19.9. The van der Waals surface area contributed by atoms with E-state index in [4.69, 9.17) is 0 Å². The molecule has 0 spiro atoms. The molecular formula is C19H22F2N2O3. The van der Waals surface area contributed by atoms with Gasteiger partial charge in [0, 0.05) is 24.4 Å². The molecule has 2 aromatic rings. The fourth-order valence-electron chi connectivity index (χ4n) is 1.96. The number of carbonyl (C=O) groups is 2. The molecule has 0 aliphatic carbocycles. The van der Waals surface area contributed by atoms with Crippen LogP contribution in [0.5, 0.6) is 0 Å². The minimum absolute atomic E-state index is 0.0572. The van der Waals surface area contributed by atoms with Crippen LogP contribution in [0.15, 0.2) is 36.5 Å². The third kappa shape index (κ3) is 5.61. The third-order valence-electron chi connectivity index (χ3n) is 3.22. The van der Waals surface area contributed by atoms with Crippen LogP contribution in [0.25, 0.3) is 11.3 Å². The molecule has 0 aliphatic rings. The molecule has 26 heavy (non-hydrogen) atoms. The van der Waals surface area contributed by atoms with Crippen molar-refractivity contribution in [2.75, 3.05) is 12.4 Å². The Labute approximate surface area is 151 Å². The molecule has 2 rings (SSSR count). The van der Waals surface area contributed by atoms with Gasteiger partial charge in [-0.1, -0.05) is 19.9 Å². The highest BCUT2D eigenvalue weighted by Gasteiger charge is 2.32. The fourth-order valence-corrected chi connectivity index (χ4v) is 1.96. The number of amides is 1. The Morgan fingerprint density at radius 3 is 2.31 bits per heavy atom. The molecule has 0 saturated heterocycles. The van der Waals surface area contributed by atoms with Crippen LogP contribution >= 0.6 is 0 Å². The predicted molar refractivity (Wildman–Crippen MR) is 96.3 cm³/mol. The molecular weight excluding hydrogens is 342 g/mol. The molecule has 140 valence electrons. The molecule has 0 unspecified atom stereocenters. The first-order chi connectivity index (χ1) is 12.2. The van der Waals surface area contributed by atoms with E-state index >= 15 is 0 Å². The summed E-state index contributed by atoms with van der Waals surface area (Å²) in [5.74, 6) is -5.65. The Bertz CT molecular complexity index is 769. The van der Waals surface area contributed by atoms with E-state index in [1.54, 1.807) is 12.3 Å². The molecule has 1 aromatic carbocycles. The number of alkyl halides is 2. The first-order valence-electron chi connectivity index (χ1n) is 8.06. The van der Waals surface area contributed by atoms with Crippen molar-refractivity contribution in [1.82, 2.24) is 4.98 Å². The highest BCUT2D eigenvalue weighted by molar-refractivity contribution is 5.98. The van der Waals surface area contributed by atoms with E-state index < -0.39 is 17.8 Å². The number of benzene rings is 1. The van der Waals surface area contributed by atoms with Crippen LogP contribution in [0.2, 0.25) is 0 Å². The molecule has 1 aromatic heterocycles. The first kappa shape index (κ1) is 21.2. The van der Waals surface area contributed by atoms with Crippen LogP contribution in [-0.4, -0.2) is 29.9 Å². The van der Waals surface area contributed by atoms with Crippen molar-refractivity contribution in [2.45, 2.75) is 33.6 Å². The van der Waals surface area contributed by atoms with E-state index in [1.807, 2.05) is 26.8 Å². The van der Waals surface area contributed by atoms with Crippen LogP contribution in [0.4, 0.5) is 14.5 Å². The Morgan fingerprint density at radius 1 is 1.15 bits per heavy atom. The van der Waals surface area contributed by atoms with E-state index in [0.29, 0.717) is 18.2 Å². The number of aryl methyl sites for hydroxylation is 1. The van der Waals surface area contributed by atoms with Gasteiger partial charge in [0.15, 0.2) is 0 Å². The van der Waals surface area contributed by atoms with E-state index in [1.165, 1.54) is 25.3 Å². The maximum absolute atomic E-state index is 13.1. The Balaban J connectivity index is 0.00000163. The number of nitrogens with zero attached hydrogens (tertiary/aromatic N) is 1. The van der Waals surface area contributed by atoms with Crippen LogP contribution in [0, 0.1) is 6.92 Å². The van der Waals surface area contributed by atoms with Crippen molar-refractivity contribution in [2.24, 2.45) is 0 Å². The second-order valence-corrected chi connectivity index (χ2v) is 5.35. The van der Waals surface area contributed by atoms with Gasteiger partial charge in [0.1, 0.15) is 0 Å². The zero-order valence-corrected chi connectivity index (χ0v) is 15.4. The number of anilines is 1. The van der Waals surface area contributed by atoms with Gasteiger partial charge in [-0.2, -0.15) is 8.78 Å². The largest absolute Gasteiger partial charge is 0.465 e. The van der Waals surface area contributed by atoms with Crippen molar-refractivity contribution in [3.8, 4) is 11.3 Å². The summed E-state index contributed by atoms with van der Waals surface area (Å²) in [6, 6.07) is 7.81. The molecule has 1 N–H and O–H groups in total. The summed E-state index contributed by atoms with van der Waals surface area (Å²) in [4.78, 5) is 27.5. The number of ether oxygens (including phenoxy) is 1. The topological polar surface area (TPSA) is 68.3 Å². The van der Waals surface area contributed by atoms with Gasteiger partial charge >= 0.3 is 11.9 Å². The molecule has 0 saturated carbocycles. The van der Waals surface area contributed by atoms with Crippen LogP contribution in [0.1, 0.15) is 36.7 Å². The Morgan fingerprint density at radius 2 is 1.81 bits per heavy atom. The summed E-state index contributed by atoms with van der Waals surface area (Å²) in [6.45, 7) is 6.37. The van der Waals surface area contributed by atoms with Gasteiger partial charge in [-0.05, 0) is 36.8 Å².